The van der Waals surface area contributed by atoms with Crippen molar-refractivity contribution in [3.05, 3.63) is 53.1 Å². The standard InChI is InChI=1S/C22H23N3O5/c1-13-5-4-6-16(14(13)2)23-19(26)11-25-20(27)22(3,24-21(25)28)10-15-7-8-17-18(9-15)30-12-29-17/h4-9H,10-12H2,1-3H3,(H,23,26)(H,24,28)/t22-/m1/s1. The van der Waals surface area contributed by atoms with E-state index in [2.05, 4.69) is 10.6 Å². The Morgan fingerprint density at radius 3 is 2.73 bits per heavy atom. The maximum atomic E-state index is 13.0. The molecule has 0 aliphatic carbocycles. The molecule has 0 saturated carbocycles. The molecule has 0 aromatic heterocycles. The number of nitrogens with one attached hydrogen (secondary N) is 2. The van der Waals surface area contributed by atoms with Crippen molar-refractivity contribution in [3.8, 4) is 11.5 Å². The smallest absolute Gasteiger partial charge is 0.325 e. The van der Waals surface area contributed by atoms with Crippen LogP contribution in [0.5, 0.6) is 11.5 Å². The van der Waals surface area contributed by atoms with Crippen LogP contribution in [0.2, 0.25) is 0 Å². The van der Waals surface area contributed by atoms with Crippen molar-refractivity contribution in [3.63, 3.8) is 0 Å². The summed E-state index contributed by atoms with van der Waals surface area (Å²) in [5.41, 5.74) is 2.31. The Bertz CT molecular complexity index is 1050. The lowest BCUT2D eigenvalue weighted by Gasteiger charge is -2.22. The lowest BCUT2D eigenvalue weighted by atomic mass is 9.92. The van der Waals surface area contributed by atoms with Crippen LogP contribution < -0.4 is 20.1 Å². The molecule has 0 radical (unpaired) electrons. The fraction of sp³-hybridized carbons (Fsp3) is 0.318. The third-order valence-corrected chi connectivity index (χ3v) is 5.52. The molecule has 2 aliphatic heterocycles. The highest BCUT2D eigenvalue weighted by Gasteiger charge is 2.48. The summed E-state index contributed by atoms with van der Waals surface area (Å²) in [7, 11) is 0. The monoisotopic (exact) mass is 409 g/mol. The average molecular weight is 409 g/mol. The highest BCUT2D eigenvalue weighted by molar-refractivity contribution is 6.10. The van der Waals surface area contributed by atoms with E-state index in [4.69, 9.17) is 9.47 Å². The molecule has 2 N–H and O–H groups in total. The van der Waals surface area contributed by atoms with Crippen molar-refractivity contribution in [1.82, 2.24) is 10.2 Å². The van der Waals surface area contributed by atoms with Gasteiger partial charge in [0.1, 0.15) is 12.1 Å². The maximum absolute atomic E-state index is 13.0. The van der Waals surface area contributed by atoms with E-state index in [1.165, 1.54) is 0 Å². The van der Waals surface area contributed by atoms with E-state index in [0.29, 0.717) is 17.2 Å². The van der Waals surface area contributed by atoms with Crippen LogP contribution in [0.1, 0.15) is 23.6 Å². The number of carbonyl (C=O) groups excluding carboxylic acids is 3. The number of amides is 4. The number of anilines is 1. The number of fused-ring (bicyclic) bond motifs is 1. The Balaban J connectivity index is 1.45. The van der Waals surface area contributed by atoms with Crippen LogP contribution in [0.15, 0.2) is 36.4 Å². The molecule has 0 unspecified atom stereocenters. The zero-order chi connectivity index (χ0) is 21.5. The van der Waals surface area contributed by atoms with Gasteiger partial charge in [-0.3, -0.25) is 14.5 Å². The van der Waals surface area contributed by atoms with Gasteiger partial charge in [0.05, 0.1) is 0 Å². The fourth-order valence-corrected chi connectivity index (χ4v) is 3.69. The molecule has 4 rings (SSSR count). The zero-order valence-corrected chi connectivity index (χ0v) is 17.1. The molecule has 156 valence electrons. The minimum Gasteiger partial charge on any atom is -0.454 e. The van der Waals surface area contributed by atoms with E-state index in [0.717, 1.165) is 21.6 Å². The van der Waals surface area contributed by atoms with Crippen molar-refractivity contribution in [2.45, 2.75) is 32.7 Å². The molecule has 8 nitrogen and oxygen atoms in total. The van der Waals surface area contributed by atoms with E-state index in [1.54, 1.807) is 25.1 Å². The van der Waals surface area contributed by atoms with Crippen LogP contribution in [-0.4, -0.2) is 41.6 Å². The van der Waals surface area contributed by atoms with Gasteiger partial charge in [0.25, 0.3) is 5.91 Å². The molecule has 2 heterocycles. The highest BCUT2D eigenvalue weighted by atomic mass is 16.7. The van der Waals surface area contributed by atoms with E-state index < -0.39 is 23.4 Å². The Kier molecular flexibility index (Phi) is 4.85. The first-order chi connectivity index (χ1) is 14.3. The van der Waals surface area contributed by atoms with Crippen LogP contribution in [0.3, 0.4) is 0 Å². The lowest BCUT2D eigenvalue weighted by Crippen LogP contribution is -2.46. The van der Waals surface area contributed by atoms with Gasteiger partial charge in [-0.15, -0.1) is 0 Å². The van der Waals surface area contributed by atoms with Gasteiger partial charge >= 0.3 is 6.03 Å². The Morgan fingerprint density at radius 2 is 1.93 bits per heavy atom. The first-order valence-corrected chi connectivity index (χ1v) is 9.65. The van der Waals surface area contributed by atoms with Gasteiger partial charge in [0.2, 0.25) is 12.7 Å². The van der Waals surface area contributed by atoms with Crippen LogP contribution in [0, 0.1) is 13.8 Å². The first-order valence-electron chi connectivity index (χ1n) is 9.65. The molecule has 30 heavy (non-hydrogen) atoms. The number of ether oxygens (including phenoxy) is 2. The van der Waals surface area contributed by atoms with Crippen molar-refractivity contribution in [1.29, 1.82) is 0 Å². The van der Waals surface area contributed by atoms with Gasteiger partial charge in [-0.1, -0.05) is 18.2 Å². The van der Waals surface area contributed by atoms with Crippen LogP contribution in [-0.2, 0) is 16.0 Å². The molecule has 0 bridgehead atoms. The predicted molar refractivity (Wildman–Crippen MR) is 109 cm³/mol. The number of carbonyl (C=O) groups is 3. The van der Waals surface area contributed by atoms with Gasteiger partial charge in [0, 0.05) is 12.1 Å². The molecule has 1 atom stereocenters. The third-order valence-electron chi connectivity index (χ3n) is 5.52. The molecule has 2 aromatic carbocycles. The molecule has 2 aliphatic rings. The normalized spacial score (nSPS) is 19.8. The Labute approximate surface area is 174 Å². The van der Waals surface area contributed by atoms with E-state index in [-0.39, 0.29) is 19.8 Å². The van der Waals surface area contributed by atoms with E-state index >= 15 is 0 Å². The highest BCUT2D eigenvalue weighted by Crippen LogP contribution is 2.34. The van der Waals surface area contributed by atoms with Gasteiger partial charge in [0.15, 0.2) is 11.5 Å². The summed E-state index contributed by atoms with van der Waals surface area (Å²) in [6.07, 6.45) is 0.267. The largest absolute Gasteiger partial charge is 0.454 e. The minimum atomic E-state index is -1.15. The van der Waals surface area contributed by atoms with Crippen molar-refractivity contribution in [2.24, 2.45) is 0 Å². The van der Waals surface area contributed by atoms with Crippen LogP contribution in [0.25, 0.3) is 0 Å². The topological polar surface area (TPSA) is 97.0 Å². The summed E-state index contributed by atoms with van der Waals surface area (Å²) < 4.78 is 10.7. The van der Waals surface area contributed by atoms with Gasteiger partial charge < -0.3 is 20.1 Å². The van der Waals surface area contributed by atoms with Crippen molar-refractivity contribution in [2.75, 3.05) is 18.7 Å². The summed E-state index contributed by atoms with van der Waals surface area (Å²) in [5.74, 6) is 0.383. The number of rotatable bonds is 5. The zero-order valence-electron chi connectivity index (χ0n) is 17.1. The first kappa shape index (κ1) is 19.8. The summed E-state index contributed by atoms with van der Waals surface area (Å²) in [5, 5.41) is 5.50. The van der Waals surface area contributed by atoms with Crippen molar-refractivity contribution >= 4 is 23.5 Å². The molecule has 0 spiro atoms. The summed E-state index contributed by atoms with van der Waals surface area (Å²) in [4.78, 5) is 38.9. The molecule has 2 aromatic rings. The second kappa shape index (κ2) is 7.37. The average Bonchev–Trinajstić information content (AvgIpc) is 3.23. The number of imide groups is 1. The Hall–Kier alpha value is -3.55. The number of hydrogen-bond acceptors (Lipinski definition) is 5. The fourth-order valence-electron chi connectivity index (χ4n) is 3.69. The van der Waals surface area contributed by atoms with Crippen molar-refractivity contribution < 1.29 is 23.9 Å². The summed E-state index contributed by atoms with van der Waals surface area (Å²) in [6, 6.07) is 10.4. The molecule has 1 fully saturated rings. The minimum absolute atomic E-state index is 0.162. The maximum Gasteiger partial charge on any atom is 0.325 e. The number of hydrogen-bond donors (Lipinski definition) is 2. The van der Waals surface area contributed by atoms with Crippen LogP contribution in [0.4, 0.5) is 10.5 Å². The van der Waals surface area contributed by atoms with E-state index in [1.807, 2.05) is 32.0 Å². The molecular formula is C22H23N3O5. The molecular weight excluding hydrogens is 386 g/mol. The molecule has 1 saturated heterocycles. The third kappa shape index (κ3) is 3.56. The number of nitrogens with zero attached hydrogens (tertiary/aromatic N) is 1. The summed E-state index contributed by atoms with van der Waals surface area (Å²) >= 11 is 0. The summed E-state index contributed by atoms with van der Waals surface area (Å²) in [6.45, 7) is 5.31. The molecule has 4 amide bonds. The second-order valence-corrected chi connectivity index (χ2v) is 7.81. The van der Waals surface area contributed by atoms with Gasteiger partial charge in [-0.05, 0) is 55.7 Å². The van der Waals surface area contributed by atoms with Gasteiger partial charge in [-0.25, -0.2) is 4.79 Å². The number of aryl methyl sites for hydroxylation is 1. The van der Waals surface area contributed by atoms with Gasteiger partial charge in [-0.2, -0.15) is 0 Å². The van der Waals surface area contributed by atoms with Crippen LogP contribution >= 0.6 is 0 Å². The second-order valence-electron chi connectivity index (χ2n) is 7.81. The Morgan fingerprint density at radius 1 is 1.17 bits per heavy atom. The number of urea groups is 1. The molecule has 8 heteroatoms. The van der Waals surface area contributed by atoms with E-state index in [9.17, 15) is 14.4 Å². The lowest BCUT2D eigenvalue weighted by molar-refractivity contribution is -0.133. The quantitative estimate of drug-likeness (QED) is 0.740. The SMILES string of the molecule is Cc1cccc(NC(=O)CN2C(=O)N[C@](C)(Cc3ccc4c(c3)OCO4)C2=O)c1C. The number of benzene rings is 2. The predicted octanol–water partition coefficient (Wildman–Crippen LogP) is 2.52.